The number of nitrogens with one attached hydrogen (secondary N) is 2. The van der Waals surface area contributed by atoms with Gasteiger partial charge in [0.15, 0.2) is 9.84 Å². The summed E-state index contributed by atoms with van der Waals surface area (Å²) < 4.78 is 30.3. The van der Waals surface area contributed by atoms with Gasteiger partial charge >= 0.3 is 6.01 Å². The van der Waals surface area contributed by atoms with Crippen molar-refractivity contribution in [1.29, 1.82) is 0 Å². The Balaban J connectivity index is 1.53. The molecule has 3 heterocycles. The van der Waals surface area contributed by atoms with Crippen LogP contribution in [0.2, 0.25) is 0 Å². The number of piperidine rings is 1. The zero-order valence-corrected chi connectivity index (χ0v) is 17.7. The molecule has 1 unspecified atom stereocenters. The van der Waals surface area contributed by atoms with Crippen LogP contribution in [0.4, 0.5) is 6.01 Å². The highest BCUT2D eigenvalue weighted by molar-refractivity contribution is 7.92. The summed E-state index contributed by atoms with van der Waals surface area (Å²) in [5, 5.41) is 14.2. The number of hydrogen-bond donors (Lipinski definition) is 2. The maximum Gasteiger partial charge on any atom is 0.316 e. The lowest BCUT2D eigenvalue weighted by Crippen LogP contribution is -2.38. The van der Waals surface area contributed by atoms with Crippen molar-refractivity contribution in [3.63, 3.8) is 0 Å². The van der Waals surface area contributed by atoms with Gasteiger partial charge in [0.1, 0.15) is 5.69 Å². The number of nitrogens with zero attached hydrogens (tertiary/aromatic N) is 4. The molecule has 30 heavy (non-hydrogen) atoms. The Bertz CT molecular complexity index is 1110. The largest absolute Gasteiger partial charge is 0.402 e. The van der Waals surface area contributed by atoms with Crippen LogP contribution in [0, 0.1) is 0 Å². The topological polar surface area (TPSA) is 123 Å². The first-order valence-electron chi connectivity index (χ1n) is 9.91. The van der Waals surface area contributed by atoms with Gasteiger partial charge in [0.2, 0.25) is 0 Å². The first-order valence-corrected chi connectivity index (χ1v) is 11.5. The van der Waals surface area contributed by atoms with E-state index < -0.39 is 15.1 Å². The van der Waals surface area contributed by atoms with E-state index in [0.717, 1.165) is 31.5 Å². The van der Waals surface area contributed by atoms with Crippen LogP contribution >= 0.6 is 0 Å². The Labute approximate surface area is 175 Å². The first-order chi connectivity index (χ1) is 14.4. The Morgan fingerprint density at radius 3 is 2.60 bits per heavy atom. The van der Waals surface area contributed by atoms with Gasteiger partial charge in [-0.2, -0.15) is 0 Å². The quantitative estimate of drug-likeness (QED) is 0.609. The minimum Gasteiger partial charge on any atom is -0.402 e. The van der Waals surface area contributed by atoms with E-state index in [1.54, 1.807) is 50.5 Å². The van der Waals surface area contributed by atoms with Crippen LogP contribution in [0.1, 0.15) is 26.7 Å². The van der Waals surface area contributed by atoms with Crippen LogP contribution in [0.3, 0.4) is 0 Å². The molecule has 0 saturated carbocycles. The monoisotopic (exact) mass is 428 g/mol. The molecule has 3 aromatic rings. The highest BCUT2D eigenvalue weighted by Gasteiger charge is 2.20. The van der Waals surface area contributed by atoms with Gasteiger partial charge in [0.05, 0.1) is 28.2 Å². The third-order valence-corrected chi connectivity index (χ3v) is 7.17. The molecule has 2 aromatic heterocycles. The molecule has 1 aromatic carbocycles. The fraction of sp³-hybridized carbons (Fsp3) is 0.400. The lowest BCUT2D eigenvalue weighted by Gasteiger charge is -2.22. The third-order valence-electron chi connectivity index (χ3n) is 5.00. The van der Waals surface area contributed by atoms with Crippen molar-refractivity contribution in [3.8, 4) is 22.8 Å². The Morgan fingerprint density at radius 1 is 1.13 bits per heavy atom. The van der Waals surface area contributed by atoms with Crippen LogP contribution in [-0.2, 0) is 9.84 Å². The average molecular weight is 429 g/mol. The van der Waals surface area contributed by atoms with Crippen LogP contribution in [-0.4, -0.2) is 53.0 Å². The van der Waals surface area contributed by atoms with Gasteiger partial charge in [-0.05, 0) is 45.4 Å². The van der Waals surface area contributed by atoms with Crippen LogP contribution in [0.15, 0.2) is 46.0 Å². The predicted molar refractivity (Wildman–Crippen MR) is 113 cm³/mol. The van der Waals surface area contributed by atoms with Gasteiger partial charge < -0.3 is 15.1 Å². The molecule has 2 N–H and O–H groups in total. The van der Waals surface area contributed by atoms with Crippen LogP contribution in [0.5, 0.6) is 0 Å². The Kier molecular flexibility index (Phi) is 5.78. The third kappa shape index (κ3) is 4.34. The molecule has 1 fully saturated rings. The van der Waals surface area contributed by atoms with Crippen molar-refractivity contribution >= 4 is 15.9 Å². The number of sulfone groups is 1. The maximum absolute atomic E-state index is 12.3. The molecule has 0 bridgehead atoms. The van der Waals surface area contributed by atoms with Crippen LogP contribution < -0.4 is 10.6 Å². The van der Waals surface area contributed by atoms with E-state index in [9.17, 15) is 8.42 Å². The Hall–Kier alpha value is -2.85. The summed E-state index contributed by atoms with van der Waals surface area (Å²) in [6.07, 6.45) is 5.31. The predicted octanol–water partition coefficient (Wildman–Crippen LogP) is 2.54. The number of aromatic nitrogens is 4. The van der Waals surface area contributed by atoms with Gasteiger partial charge in [0, 0.05) is 18.2 Å². The molecule has 4 rings (SSSR count). The molecule has 0 aliphatic carbocycles. The molecule has 10 heteroatoms. The maximum atomic E-state index is 12.3. The van der Waals surface area contributed by atoms with E-state index >= 15 is 0 Å². The summed E-state index contributed by atoms with van der Waals surface area (Å²) in [4.78, 5) is 9.06. The molecule has 0 spiro atoms. The molecule has 9 nitrogen and oxygen atoms in total. The summed E-state index contributed by atoms with van der Waals surface area (Å²) in [5.41, 5.74) is 1.79. The summed E-state index contributed by atoms with van der Waals surface area (Å²) in [6, 6.07) is 7.23. The second-order valence-electron chi connectivity index (χ2n) is 7.51. The normalized spacial score (nSPS) is 17.2. The van der Waals surface area contributed by atoms with Crippen LogP contribution in [0.25, 0.3) is 22.8 Å². The van der Waals surface area contributed by atoms with Gasteiger partial charge in [-0.1, -0.05) is 17.2 Å². The number of benzene rings is 1. The van der Waals surface area contributed by atoms with E-state index in [2.05, 4.69) is 30.8 Å². The summed E-state index contributed by atoms with van der Waals surface area (Å²) >= 11 is 0. The fourth-order valence-electron chi connectivity index (χ4n) is 3.23. The highest BCUT2D eigenvalue weighted by Crippen LogP contribution is 2.24. The van der Waals surface area contributed by atoms with Gasteiger partial charge in [-0.25, -0.2) is 13.4 Å². The minimum atomic E-state index is -3.32. The zero-order chi connectivity index (χ0) is 21.1. The smallest absolute Gasteiger partial charge is 0.316 e. The van der Waals surface area contributed by atoms with E-state index in [0.29, 0.717) is 17.4 Å². The molecular formula is C20H24N6O3S. The molecule has 0 radical (unpaired) electrons. The number of rotatable bonds is 6. The van der Waals surface area contributed by atoms with Crippen molar-refractivity contribution in [2.45, 2.75) is 42.9 Å². The van der Waals surface area contributed by atoms with Crippen molar-refractivity contribution in [3.05, 3.63) is 36.7 Å². The van der Waals surface area contributed by atoms with Crippen molar-refractivity contribution < 1.29 is 12.8 Å². The van der Waals surface area contributed by atoms with Gasteiger partial charge in [0.25, 0.3) is 5.89 Å². The molecule has 1 aliphatic heterocycles. The van der Waals surface area contributed by atoms with E-state index in [4.69, 9.17) is 4.42 Å². The van der Waals surface area contributed by atoms with Crippen molar-refractivity contribution in [1.82, 2.24) is 25.5 Å². The first kappa shape index (κ1) is 20.4. The van der Waals surface area contributed by atoms with Gasteiger partial charge in [-0.3, -0.25) is 4.98 Å². The Morgan fingerprint density at radius 2 is 1.90 bits per heavy atom. The summed E-state index contributed by atoms with van der Waals surface area (Å²) in [7, 11) is -3.32. The molecule has 1 atom stereocenters. The SMILES string of the molecule is CC(C)S(=O)(=O)c1ccc(-c2cncc(-c3nnc(NC4CCCNC4)o3)n2)cc1. The van der Waals surface area contributed by atoms with E-state index in [1.807, 2.05) is 0 Å². The molecule has 0 amide bonds. The lowest BCUT2D eigenvalue weighted by atomic mass is 10.1. The number of hydrogen-bond acceptors (Lipinski definition) is 9. The van der Waals surface area contributed by atoms with Gasteiger partial charge in [-0.15, -0.1) is 5.10 Å². The molecule has 1 saturated heterocycles. The second-order valence-corrected chi connectivity index (χ2v) is 10.0. The van der Waals surface area contributed by atoms with Crippen molar-refractivity contribution in [2.75, 3.05) is 18.4 Å². The molecule has 158 valence electrons. The van der Waals surface area contributed by atoms with E-state index in [-0.39, 0.29) is 16.8 Å². The lowest BCUT2D eigenvalue weighted by molar-refractivity contribution is 0.464. The van der Waals surface area contributed by atoms with Crippen molar-refractivity contribution in [2.24, 2.45) is 0 Å². The molecule has 1 aliphatic rings. The highest BCUT2D eigenvalue weighted by atomic mass is 32.2. The standard InChI is InChI=1S/C20H24N6O3S/c1-13(2)30(27,28)16-7-5-14(6-8-16)17-11-22-12-18(24-17)19-25-26-20(29-19)23-15-4-3-9-21-10-15/h5-8,11-13,15,21H,3-4,9-10H2,1-2H3,(H,23,26). The zero-order valence-electron chi connectivity index (χ0n) is 16.9. The average Bonchev–Trinajstić information content (AvgIpc) is 3.23. The summed E-state index contributed by atoms with van der Waals surface area (Å²) in [5.74, 6) is 0.273. The second kappa shape index (κ2) is 8.49. The summed E-state index contributed by atoms with van der Waals surface area (Å²) in [6.45, 7) is 5.21. The minimum absolute atomic E-state index is 0.255. The fourth-order valence-corrected chi connectivity index (χ4v) is 4.29. The van der Waals surface area contributed by atoms with E-state index in [1.165, 1.54) is 0 Å². The number of anilines is 1. The molecular weight excluding hydrogens is 404 g/mol.